The molecular weight excluding hydrogens is 216 g/mol. The lowest BCUT2D eigenvalue weighted by atomic mass is 10.1. The number of aliphatic hydroxyl groups is 1. The molecule has 0 fully saturated rings. The van der Waals surface area contributed by atoms with Gasteiger partial charge in [0.15, 0.2) is 0 Å². The van der Waals surface area contributed by atoms with Gasteiger partial charge in [0.25, 0.3) is 0 Å². The van der Waals surface area contributed by atoms with Crippen molar-refractivity contribution in [2.24, 2.45) is 0 Å². The van der Waals surface area contributed by atoms with E-state index in [4.69, 9.17) is 5.11 Å². The smallest absolute Gasteiger partial charge is 0.305 e. The Hall–Kier alpha value is -0.830. The number of carboxylic acid groups (broad SMARTS) is 1. The second-order valence-corrected chi connectivity index (χ2v) is 4.50. The SMILES string of the molecule is CCCCCC/C=C\CCCC(O)CC(=O)O. The number of carbonyl (C=O) groups is 1. The van der Waals surface area contributed by atoms with Crippen LogP contribution < -0.4 is 0 Å². The van der Waals surface area contributed by atoms with Gasteiger partial charge in [-0.3, -0.25) is 4.79 Å². The first-order chi connectivity index (χ1) is 8.16. The number of aliphatic carboxylic acids is 1. The van der Waals surface area contributed by atoms with Crippen LogP contribution in [0.1, 0.15) is 64.7 Å². The molecule has 0 saturated heterocycles. The molecule has 0 rings (SSSR count). The van der Waals surface area contributed by atoms with E-state index in [2.05, 4.69) is 19.1 Å². The van der Waals surface area contributed by atoms with Crippen LogP contribution in [0.15, 0.2) is 12.2 Å². The van der Waals surface area contributed by atoms with Gasteiger partial charge in [-0.1, -0.05) is 38.3 Å². The first-order valence-corrected chi connectivity index (χ1v) is 6.71. The lowest BCUT2D eigenvalue weighted by Gasteiger charge is -2.05. The molecule has 0 aromatic heterocycles. The van der Waals surface area contributed by atoms with Crippen molar-refractivity contribution in [3.8, 4) is 0 Å². The lowest BCUT2D eigenvalue weighted by molar-refractivity contribution is -0.139. The number of hydrogen-bond acceptors (Lipinski definition) is 2. The predicted molar refractivity (Wildman–Crippen MR) is 70.0 cm³/mol. The van der Waals surface area contributed by atoms with Crippen LogP contribution >= 0.6 is 0 Å². The van der Waals surface area contributed by atoms with E-state index in [9.17, 15) is 9.90 Å². The molecule has 0 aromatic carbocycles. The van der Waals surface area contributed by atoms with E-state index < -0.39 is 12.1 Å². The fourth-order valence-corrected chi connectivity index (χ4v) is 1.70. The molecule has 0 aliphatic carbocycles. The number of rotatable bonds is 11. The second-order valence-electron chi connectivity index (χ2n) is 4.50. The third-order valence-corrected chi connectivity index (χ3v) is 2.71. The van der Waals surface area contributed by atoms with Gasteiger partial charge in [0.2, 0.25) is 0 Å². The van der Waals surface area contributed by atoms with Crippen molar-refractivity contribution in [1.82, 2.24) is 0 Å². The number of carboxylic acids is 1. The highest BCUT2D eigenvalue weighted by Crippen LogP contribution is 2.07. The summed E-state index contributed by atoms with van der Waals surface area (Å²) in [6.07, 6.45) is 12.2. The highest BCUT2D eigenvalue weighted by Gasteiger charge is 2.07. The third-order valence-electron chi connectivity index (χ3n) is 2.71. The number of allylic oxidation sites excluding steroid dienone is 2. The van der Waals surface area contributed by atoms with E-state index >= 15 is 0 Å². The van der Waals surface area contributed by atoms with Crippen LogP contribution in [0.4, 0.5) is 0 Å². The van der Waals surface area contributed by atoms with E-state index in [0.717, 1.165) is 19.3 Å². The van der Waals surface area contributed by atoms with Crippen LogP contribution in [0.25, 0.3) is 0 Å². The minimum absolute atomic E-state index is 0.138. The van der Waals surface area contributed by atoms with Crippen molar-refractivity contribution in [2.75, 3.05) is 0 Å². The first kappa shape index (κ1) is 16.2. The van der Waals surface area contributed by atoms with Crippen LogP contribution in [0.5, 0.6) is 0 Å². The van der Waals surface area contributed by atoms with Gasteiger partial charge in [-0.2, -0.15) is 0 Å². The molecule has 2 N–H and O–H groups in total. The zero-order chi connectivity index (χ0) is 12.9. The van der Waals surface area contributed by atoms with Crippen molar-refractivity contribution in [1.29, 1.82) is 0 Å². The van der Waals surface area contributed by atoms with Crippen LogP contribution in [-0.2, 0) is 4.79 Å². The van der Waals surface area contributed by atoms with Crippen molar-refractivity contribution < 1.29 is 15.0 Å². The highest BCUT2D eigenvalue weighted by molar-refractivity contribution is 5.67. The fraction of sp³-hybridized carbons (Fsp3) is 0.786. The Morgan fingerprint density at radius 2 is 1.76 bits per heavy atom. The van der Waals surface area contributed by atoms with Gasteiger partial charge < -0.3 is 10.2 Å². The summed E-state index contributed by atoms with van der Waals surface area (Å²) in [7, 11) is 0. The number of unbranched alkanes of at least 4 members (excludes halogenated alkanes) is 5. The average Bonchev–Trinajstić information content (AvgIpc) is 2.26. The molecule has 0 spiro atoms. The molecule has 1 unspecified atom stereocenters. The maximum Gasteiger partial charge on any atom is 0.305 e. The van der Waals surface area contributed by atoms with Gasteiger partial charge >= 0.3 is 5.97 Å². The molecule has 0 aromatic rings. The fourth-order valence-electron chi connectivity index (χ4n) is 1.70. The van der Waals surface area contributed by atoms with Crippen molar-refractivity contribution in [2.45, 2.75) is 70.8 Å². The van der Waals surface area contributed by atoms with E-state index in [1.807, 2.05) is 0 Å². The summed E-state index contributed by atoms with van der Waals surface area (Å²) >= 11 is 0. The average molecular weight is 242 g/mol. The van der Waals surface area contributed by atoms with Gasteiger partial charge in [-0.25, -0.2) is 0 Å². The molecule has 3 heteroatoms. The molecule has 0 aliphatic rings. The molecule has 0 radical (unpaired) electrons. The maximum absolute atomic E-state index is 10.3. The third kappa shape index (κ3) is 13.1. The largest absolute Gasteiger partial charge is 0.481 e. The summed E-state index contributed by atoms with van der Waals surface area (Å²) in [4.78, 5) is 10.3. The van der Waals surface area contributed by atoms with Crippen molar-refractivity contribution in [3.05, 3.63) is 12.2 Å². The summed E-state index contributed by atoms with van der Waals surface area (Å²) in [6.45, 7) is 2.21. The number of aliphatic hydroxyl groups excluding tert-OH is 1. The van der Waals surface area contributed by atoms with Crippen LogP contribution in [0, 0.1) is 0 Å². The van der Waals surface area contributed by atoms with Gasteiger partial charge in [0.1, 0.15) is 0 Å². The molecule has 17 heavy (non-hydrogen) atoms. The van der Waals surface area contributed by atoms with Crippen LogP contribution in [0.2, 0.25) is 0 Å². The minimum atomic E-state index is -0.927. The Bertz CT molecular complexity index is 212. The van der Waals surface area contributed by atoms with Gasteiger partial charge in [-0.05, 0) is 32.1 Å². The van der Waals surface area contributed by atoms with E-state index in [0.29, 0.717) is 6.42 Å². The molecule has 0 bridgehead atoms. The highest BCUT2D eigenvalue weighted by atomic mass is 16.4. The van der Waals surface area contributed by atoms with Gasteiger partial charge in [0, 0.05) is 0 Å². The van der Waals surface area contributed by atoms with Gasteiger partial charge in [0.05, 0.1) is 12.5 Å². The van der Waals surface area contributed by atoms with Crippen molar-refractivity contribution >= 4 is 5.97 Å². The normalized spacial score (nSPS) is 13.1. The van der Waals surface area contributed by atoms with E-state index in [1.54, 1.807) is 0 Å². The molecule has 0 amide bonds. The molecule has 0 heterocycles. The topological polar surface area (TPSA) is 57.5 Å². The van der Waals surface area contributed by atoms with Crippen molar-refractivity contribution in [3.63, 3.8) is 0 Å². The Morgan fingerprint density at radius 1 is 1.12 bits per heavy atom. The van der Waals surface area contributed by atoms with Crippen LogP contribution in [-0.4, -0.2) is 22.3 Å². The minimum Gasteiger partial charge on any atom is -0.481 e. The summed E-state index contributed by atoms with van der Waals surface area (Å²) < 4.78 is 0. The standard InChI is InChI=1S/C14H26O3/c1-2-3-4-5-6-7-8-9-10-11-13(15)12-14(16)17/h7-8,13,15H,2-6,9-12H2,1H3,(H,16,17)/b8-7-. The summed E-state index contributed by atoms with van der Waals surface area (Å²) in [6, 6.07) is 0. The Kier molecular flexibility index (Phi) is 11.1. The predicted octanol–water partition coefficient (Wildman–Crippen LogP) is 3.52. The quantitative estimate of drug-likeness (QED) is 0.430. The monoisotopic (exact) mass is 242 g/mol. The molecule has 3 nitrogen and oxygen atoms in total. The number of hydrogen-bond donors (Lipinski definition) is 2. The first-order valence-electron chi connectivity index (χ1n) is 6.71. The second kappa shape index (κ2) is 11.6. The molecule has 0 saturated carbocycles. The summed E-state index contributed by atoms with van der Waals surface area (Å²) in [5.74, 6) is -0.927. The Labute approximate surface area is 105 Å². The molecular formula is C14H26O3. The van der Waals surface area contributed by atoms with Gasteiger partial charge in [-0.15, -0.1) is 0 Å². The lowest BCUT2D eigenvalue weighted by Crippen LogP contribution is -2.12. The zero-order valence-electron chi connectivity index (χ0n) is 10.9. The van der Waals surface area contributed by atoms with E-state index in [-0.39, 0.29) is 6.42 Å². The van der Waals surface area contributed by atoms with Crippen LogP contribution in [0.3, 0.4) is 0 Å². The maximum atomic E-state index is 10.3. The zero-order valence-corrected chi connectivity index (χ0v) is 10.9. The Morgan fingerprint density at radius 3 is 2.35 bits per heavy atom. The Balaban J connectivity index is 3.26. The van der Waals surface area contributed by atoms with E-state index in [1.165, 1.54) is 25.7 Å². The summed E-state index contributed by atoms with van der Waals surface area (Å²) in [5, 5.41) is 17.8. The molecule has 100 valence electrons. The molecule has 1 atom stereocenters. The molecule has 0 aliphatic heterocycles. The summed E-state index contributed by atoms with van der Waals surface area (Å²) in [5.41, 5.74) is 0.